The van der Waals surface area contributed by atoms with E-state index >= 15 is 0 Å². The Bertz CT molecular complexity index is 422. The maximum atomic E-state index is 11.5. The monoisotopic (exact) mass is 291 g/mol. The van der Waals surface area contributed by atoms with Gasteiger partial charge in [-0.2, -0.15) is 0 Å². The molecule has 2 rings (SSSR count). The third-order valence-corrected chi connectivity index (χ3v) is 3.74. The van der Waals surface area contributed by atoms with E-state index in [-0.39, 0.29) is 5.97 Å². The Labute approximate surface area is 127 Å². The highest BCUT2D eigenvalue weighted by molar-refractivity contribution is 5.89. The molecule has 0 saturated carbocycles. The van der Waals surface area contributed by atoms with E-state index in [9.17, 15) is 4.79 Å². The highest BCUT2D eigenvalue weighted by Crippen LogP contribution is 2.14. The fourth-order valence-corrected chi connectivity index (χ4v) is 2.55. The Balaban J connectivity index is 1.74. The highest BCUT2D eigenvalue weighted by Gasteiger charge is 2.09. The van der Waals surface area contributed by atoms with Gasteiger partial charge in [-0.25, -0.2) is 4.79 Å². The van der Waals surface area contributed by atoms with E-state index in [1.54, 1.807) is 19.1 Å². The van der Waals surface area contributed by atoms with Gasteiger partial charge < -0.3 is 9.47 Å². The average Bonchev–Trinajstić information content (AvgIpc) is 2.77. The molecule has 1 aromatic rings. The molecule has 0 N–H and O–H groups in total. The van der Waals surface area contributed by atoms with Gasteiger partial charge in [-0.3, -0.25) is 4.90 Å². The molecule has 1 aromatic carbocycles. The molecule has 1 aliphatic heterocycles. The quantitative estimate of drug-likeness (QED) is 0.755. The lowest BCUT2D eigenvalue weighted by atomic mass is 10.2. The van der Waals surface area contributed by atoms with Crippen LogP contribution in [0, 0.1) is 0 Å². The standard InChI is InChI=1S/C17H25NO3/c1-2-20-17(19)15-7-9-16(10-8-15)21-14-13-18-11-5-3-4-6-12-18/h7-10H,2-6,11-14H2,1H3. The Morgan fingerprint density at radius 2 is 1.76 bits per heavy atom. The number of carbonyl (C=O) groups excluding carboxylic acids is 1. The molecule has 1 aliphatic rings. The zero-order valence-electron chi connectivity index (χ0n) is 12.8. The largest absolute Gasteiger partial charge is 0.492 e. The van der Waals surface area contributed by atoms with E-state index in [2.05, 4.69) is 4.90 Å². The maximum absolute atomic E-state index is 11.5. The first-order valence-corrected chi connectivity index (χ1v) is 7.92. The molecule has 116 valence electrons. The zero-order chi connectivity index (χ0) is 14.9. The third-order valence-electron chi connectivity index (χ3n) is 3.74. The minimum Gasteiger partial charge on any atom is -0.492 e. The topological polar surface area (TPSA) is 38.8 Å². The van der Waals surface area contributed by atoms with E-state index in [0.29, 0.717) is 18.8 Å². The number of carbonyl (C=O) groups is 1. The smallest absolute Gasteiger partial charge is 0.338 e. The summed E-state index contributed by atoms with van der Waals surface area (Å²) < 4.78 is 10.7. The van der Waals surface area contributed by atoms with Crippen molar-refractivity contribution in [2.24, 2.45) is 0 Å². The number of rotatable bonds is 6. The summed E-state index contributed by atoms with van der Waals surface area (Å²) in [4.78, 5) is 14.0. The highest BCUT2D eigenvalue weighted by atomic mass is 16.5. The zero-order valence-corrected chi connectivity index (χ0v) is 12.8. The van der Waals surface area contributed by atoms with E-state index in [4.69, 9.17) is 9.47 Å². The summed E-state index contributed by atoms with van der Waals surface area (Å²) in [5.74, 6) is 0.520. The minimum atomic E-state index is -0.284. The summed E-state index contributed by atoms with van der Waals surface area (Å²) in [5, 5.41) is 0. The van der Waals surface area contributed by atoms with Gasteiger partial charge in [-0.15, -0.1) is 0 Å². The second-order valence-corrected chi connectivity index (χ2v) is 5.35. The number of likely N-dealkylation sites (tertiary alicyclic amines) is 1. The summed E-state index contributed by atoms with van der Waals surface area (Å²) in [6.07, 6.45) is 5.31. The molecular formula is C17H25NO3. The van der Waals surface area contributed by atoms with Crippen LogP contribution in [0.1, 0.15) is 43.0 Å². The number of ether oxygens (including phenoxy) is 2. The van der Waals surface area contributed by atoms with Crippen molar-refractivity contribution in [2.45, 2.75) is 32.6 Å². The van der Waals surface area contributed by atoms with Crippen molar-refractivity contribution < 1.29 is 14.3 Å². The van der Waals surface area contributed by atoms with Crippen molar-refractivity contribution in [2.75, 3.05) is 32.8 Å². The van der Waals surface area contributed by atoms with Crippen LogP contribution in [-0.2, 0) is 4.74 Å². The average molecular weight is 291 g/mol. The van der Waals surface area contributed by atoms with Crippen LogP contribution >= 0.6 is 0 Å². The van der Waals surface area contributed by atoms with Gasteiger partial charge in [0.25, 0.3) is 0 Å². The van der Waals surface area contributed by atoms with Crippen LogP contribution in [0.3, 0.4) is 0 Å². The van der Waals surface area contributed by atoms with Gasteiger partial charge in [0.05, 0.1) is 12.2 Å². The Morgan fingerprint density at radius 3 is 2.38 bits per heavy atom. The fourth-order valence-electron chi connectivity index (χ4n) is 2.55. The van der Waals surface area contributed by atoms with Crippen LogP contribution in [0.2, 0.25) is 0 Å². The van der Waals surface area contributed by atoms with Crippen molar-refractivity contribution in [3.8, 4) is 5.75 Å². The van der Waals surface area contributed by atoms with E-state index < -0.39 is 0 Å². The fraction of sp³-hybridized carbons (Fsp3) is 0.588. The lowest BCUT2D eigenvalue weighted by Crippen LogP contribution is -2.29. The van der Waals surface area contributed by atoms with Gasteiger partial charge in [0.15, 0.2) is 0 Å². The molecule has 0 bridgehead atoms. The molecule has 0 unspecified atom stereocenters. The minimum absolute atomic E-state index is 0.284. The van der Waals surface area contributed by atoms with Gasteiger partial charge in [-0.05, 0) is 57.1 Å². The molecule has 4 heteroatoms. The number of esters is 1. The first-order valence-electron chi connectivity index (χ1n) is 7.92. The molecule has 0 atom stereocenters. The molecule has 21 heavy (non-hydrogen) atoms. The van der Waals surface area contributed by atoms with Crippen LogP contribution in [0.25, 0.3) is 0 Å². The number of nitrogens with zero attached hydrogens (tertiary/aromatic N) is 1. The van der Waals surface area contributed by atoms with Crippen LogP contribution in [0.5, 0.6) is 5.75 Å². The third kappa shape index (κ3) is 5.38. The van der Waals surface area contributed by atoms with Crippen molar-refractivity contribution in [3.05, 3.63) is 29.8 Å². The van der Waals surface area contributed by atoms with Crippen LogP contribution in [0.4, 0.5) is 0 Å². The predicted octanol–water partition coefficient (Wildman–Crippen LogP) is 3.12. The Hall–Kier alpha value is -1.55. The molecule has 1 heterocycles. The normalized spacial score (nSPS) is 16.2. The molecule has 1 saturated heterocycles. The second-order valence-electron chi connectivity index (χ2n) is 5.35. The molecule has 0 radical (unpaired) electrons. The summed E-state index contributed by atoms with van der Waals surface area (Å²) in [6, 6.07) is 7.15. The lowest BCUT2D eigenvalue weighted by Gasteiger charge is -2.19. The molecule has 0 spiro atoms. The molecule has 4 nitrogen and oxygen atoms in total. The van der Waals surface area contributed by atoms with E-state index in [1.165, 1.54) is 38.8 Å². The summed E-state index contributed by atoms with van der Waals surface area (Å²) in [6.45, 7) is 6.24. The van der Waals surface area contributed by atoms with Gasteiger partial charge in [-0.1, -0.05) is 12.8 Å². The number of benzene rings is 1. The molecule has 0 aliphatic carbocycles. The van der Waals surface area contributed by atoms with Crippen molar-refractivity contribution in [1.29, 1.82) is 0 Å². The molecule has 0 amide bonds. The Morgan fingerprint density at radius 1 is 1.10 bits per heavy atom. The SMILES string of the molecule is CCOC(=O)c1ccc(OCCN2CCCCCC2)cc1. The van der Waals surface area contributed by atoms with Gasteiger partial charge in [0.2, 0.25) is 0 Å². The summed E-state index contributed by atoms with van der Waals surface area (Å²) in [7, 11) is 0. The molecular weight excluding hydrogens is 266 g/mol. The first kappa shape index (κ1) is 15.8. The summed E-state index contributed by atoms with van der Waals surface area (Å²) >= 11 is 0. The first-order chi connectivity index (χ1) is 10.3. The summed E-state index contributed by atoms with van der Waals surface area (Å²) in [5.41, 5.74) is 0.566. The molecule has 0 aromatic heterocycles. The van der Waals surface area contributed by atoms with Crippen molar-refractivity contribution in [3.63, 3.8) is 0 Å². The number of hydrogen-bond acceptors (Lipinski definition) is 4. The van der Waals surface area contributed by atoms with Crippen LogP contribution < -0.4 is 4.74 Å². The Kier molecular flexibility index (Phi) is 6.54. The van der Waals surface area contributed by atoms with Gasteiger partial charge >= 0.3 is 5.97 Å². The van der Waals surface area contributed by atoms with Crippen molar-refractivity contribution in [1.82, 2.24) is 4.90 Å². The predicted molar refractivity (Wildman–Crippen MR) is 82.8 cm³/mol. The van der Waals surface area contributed by atoms with Crippen molar-refractivity contribution >= 4 is 5.97 Å². The lowest BCUT2D eigenvalue weighted by molar-refractivity contribution is 0.0526. The van der Waals surface area contributed by atoms with Crippen LogP contribution in [0.15, 0.2) is 24.3 Å². The van der Waals surface area contributed by atoms with Gasteiger partial charge in [0.1, 0.15) is 12.4 Å². The van der Waals surface area contributed by atoms with E-state index in [1.807, 2.05) is 12.1 Å². The van der Waals surface area contributed by atoms with E-state index in [0.717, 1.165) is 12.3 Å². The number of hydrogen-bond donors (Lipinski definition) is 0. The molecule has 1 fully saturated rings. The second kappa shape index (κ2) is 8.67. The van der Waals surface area contributed by atoms with Crippen LogP contribution in [-0.4, -0.2) is 43.7 Å². The van der Waals surface area contributed by atoms with Gasteiger partial charge in [0, 0.05) is 6.54 Å². The maximum Gasteiger partial charge on any atom is 0.338 e.